The molecule has 0 aliphatic carbocycles. The van der Waals surface area contributed by atoms with Gasteiger partial charge in [0.2, 0.25) is 5.82 Å². The molecule has 1 aromatic carbocycles. The van der Waals surface area contributed by atoms with Crippen LogP contribution < -0.4 is 0 Å². The number of esters is 1. The van der Waals surface area contributed by atoms with Crippen LogP contribution >= 0.6 is 11.6 Å². The Morgan fingerprint density at radius 2 is 2.04 bits per heavy atom. The van der Waals surface area contributed by atoms with Gasteiger partial charge in [0.05, 0.1) is 12.2 Å². The third-order valence-corrected chi connectivity index (χ3v) is 3.10. The predicted octanol–water partition coefficient (Wildman–Crippen LogP) is 3.98. The highest BCUT2D eigenvalue weighted by atomic mass is 35.5. The fraction of sp³-hybridized carbons (Fsp3) is 0.133. The molecule has 6 nitrogen and oxygen atoms in total. The van der Waals surface area contributed by atoms with Gasteiger partial charge in [0.1, 0.15) is 28.4 Å². The highest BCUT2D eigenvalue weighted by Crippen LogP contribution is 2.25. The van der Waals surface area contributed by atoms with Gasteiger partial charge in [-0.15, -0.1) is 0 Å². The molecule has 2 aromatic rings. The smallest absolute Gasteiger partial charge is 0.343 e. The number of aromatic nitrogens is 1. The third-order valence-electron chi connectivity index (χ3n) is 2.84. The fourth-order valence-electron chi connectivity index (χ4n) is 1.70. The van der Waals surface area contributed by atoms with Crippen molar-refractivity contribution < 1.29 is 32.3 Å². The number of nitrogens with zero attached hydrogens (tertiary/aromatic N) is 2. The van der Waals surface area contributed by atoms with E-state index in [1.165, 1.54) is 6.92 Å². The van der Waals surface area contributed by atoms with Gasteiger partial charge in [-0.2, -0.15) is 0 Å². The summed E-state index contributed by atoms with van der Waals surface area (Å²) in [5.41, 5.74) is -1.37. The second-order valence-electron chi connectivity index (χ2n) is 4.47. The first kappa shape index (κ1) is 18.5. The number of benzene rings is 1. The maximum atomic E-state index is 13.8. The van der Waals surface area contributed by atoms with Gasteiger partial charge in [-0.25, -0.2) is 23.0 Å². The van der Waals surface area contributed by atoms with Gasteiger partial charge >= 0.3 is 5.97 Å². The van der Waals surface area contributed by atoms with Crippen LogP contribution in [0.1, 0.15) is 12.5 Å². The Labute approximate surface area is 144 Å². The second-order valence-corrected chi connectivity index (χ2v) is 4.88. The molecule has 0 atom stereocenters. The van der Waals surface area contributed by atoms with E-state index in [4.69, 9.17) is 16.3 Å². The summed E-state index contributed by atoms with van der Waals surface area (Å²) < 4.78 is 49.4. The molecule has 25 heavy (non-hydrogen) atoms. The van der Waals surface area contributed by atoms with Crippen molar-refractivity contribution in [2.45, 2.75) is 6.92 Å². The van der Waals surface area contributed by atoms with Crippen LogP contribution in [0.5, 0.6) is 0 Å². The Morgan fingerprint density at radius 3 is 2.64 bits per heavy atom. The molecule has 0 bridgehead atoms. The number of hydrogen-bond acceptors (Lipinski definition) is 6. The van der Waals surface area contributed by atoms with E-state index in [2.05, 4.69) is 14.7 Å². The van der Waals surface area contributed by atoms with Crippen molar-refractivity contribution in [2.24, 2.45) is 4.99 Å². The molecule has 1 aromatic heterocycles. The SMILES string of the molecule is CCOC(=O)C(C=Nc1nocc1Cl)=C(O)c1cc(F)c(F)cc1F. The van der Waals surface area contributed by atoms with Crippen LogP contribution in [0.3, 0.4) is 0 Å². The summed E-state index contributed by atoms with van der Waals surface area (Å²) >= 11 is 5.71. The summed E-state index contributed by atoms with van der Waals surface area (Å²) in [5, 5.41) is 13.6. The van der Waals surface area contributed by atoms with Crippen LogP contribution in [0, 0.1) is 17.5 Å². The molecule has 0 amide bonds. The molecular formula is C15H10ClF3N2O4. The molecule has 0 aliphatic heterocycles. The Balaban J connectivity index is 2.55. The molecule has 10 heteroatoms. The van der Waals surface area contributed by atoms with Crippen LogP contribution in [0.25, 0.3) is 5.76 Å². The van der Waals surface area contributed by atoms with Crippen molar-refractivity contribution in [1.29, 1.82) is 0 Å². The fourth-order valence-corrected chi connectivity index (χ4v) is 1.82. The Morgan fingerprint density at radius 1 is 1.36 bits per heavy atom. The average Bonchev–Trinajstić information content (AvgIpc) is 2.96. The first-order chi connectivity index (χ1) is 11.8. The number of ether oxygens (including phenoxy) is 1. The number of aliphatic hydroxyl groups excluding tert-OH is 1. The highest BCUT2D eigenvalue weighted by molar-refractivity contribution is 6.32. The number of hydrogen-bond donors (Lipinski definition) is 1. The molecule has 0 saturated heterocycles. The van der Waals surface area contributed by atoms with Gasteiger partial charge in [0.25, 0.3) is 0 Å². The number of carbonyl (C=O) groups is 1. The average molecular weight is 375 g/mol. The summed E-state index contributed by atoms with van der Waals surface area (Å²) in [6.45, 7) is 1.44. The highest BCUT2D eigenvalue weighted by Gasteiger charge is 2.21. The molecule has 0 fully saturated rings. The zero-order chi connectivity index (χ0) is 18.6. The standard InChI is InChI=1S/C15H10ClF3N2O4/c1-2-24-15(23)8(5-20-14-9(16)6-25-21-14)13(22)7-3-11(18)12(19)4-10(7)17/h3-6,22H,2H2,1H3. The van der Waals surface area contributed by atoms with Crippen LogP contribution in [-0.4, -0.2) is 29.1 Å². The topological polar surface area (TPSA) is 84.9 Å². The summed E-state index contributed by atoms with van der Waals surface area (Å²) in [7, 11) is 0. The lowest BCUT2D eigenvalue weighted by atomic mass is 10.1. The van der Waals surface area contributed by atoms with Crippen LogP contribution in [0.2, 0.25) is 5.02 Å². The van der Waals surface area contributed by atoms with E-state index in [0.29, 0.717) is 6.07 Å². The Kier molecular flexibility index (Phi) is 5.81. The lowest BCUT2D eigenvalue weighted by molar-refractivity contribution is -0.137. The monoisotopic (exact) mass is 374 g/mol. The number of rotatable bonds is 5. The zero-order valence-corrected chi connectivity index (χ0v) is 13.4. The molecule has 0 spiro atoms. The molecule has 132 valence electrons. The van der Waals surface area contributed by atoms with E-state index in [1.54, 1.807) is 0 Å². The summed E-state index contributed by atoms with van der Waals surface area (Å²) in [5.74, 6) is -6.35. The minimum absolute atomic E-state index is 0.0120. The van der Waals surface area contributed by atoms with Crippen LogP contribution in [0.15, 0.2) is 33.5 Å². The predicted molar refractivity (Wildman–Crippen MR) is 82.2 cm³/mol. The molecule has 0 saturated carbocycles. The van der Waals surface area contributed by atoms with Crippen LogP contribution in [-0.2, 0) is 9.53 Å². The van der Waals surface area contributed by atoms with Crippen molar-refractivity contribution in [1.82, 2.24) is 5.16 Å². The number of carbonyl (C=O) groups excluding carboxylic acids is 1. The van der Waals surface area contributed by atoms with E-state index in [-0.39, 0.29) is 23.5 Å². The number of aliphatic hydroxyl groups is 1. The van der Waals surface area contributed by atoms with E-state index in [9.17, 15) is 23.1 Å². The van der Waals surface area contributed by atoms with Gasteiger partial charge in [0.15, 0.2) is 11.6 Å². The number of halogens is 4. The quantitative estimate of drug-likeness (QED) is 0.281. The van der Waals surface area contributed by atoms with E-state index in [0.717, 1.165) is 12.5 Å². The van der Waals surface area contributed by atoms with E-state index >= 15 is 0 Å². The largest absolute Gasteiger partial charge is 0.506 e. The maximum Gasteiger partial charge on any atom is 0.343 e. The van der Waals surface area contributed by atoms with Gasteiger partial charge in [-0.1, -0.05) is 16.8 Å². The van der Waals surface area contributed by atoms with Crippen molar-refractivity contribution >= 4 is 35.4 Å². The van der Waals surface area contributed by atoms with Gasteiger partial charge in [-0.3, -0.25) is 0 Å². The first-order valence-corrected chi connectivity index (χ1v) is 7.12. The summed E-state index contributed by atoms with van der Waals surface area (Å²) in [6, 6.07) is 0.630. The van der Waals surface area contributed by atoms with Crippen molar-refractivity contribution in [3.05, 3.63) is 52.0 Å². The Hall–Kier alpha value is -2.81. The summed E-state index contributed by atoms with van der Waals surface area (Å²) in [6.07, 6.45) is 1.86. The van der Waals surface area contributed by atoms with Gasteiger partial charge in [0, 0.05) is 12.3 Å². The normalized spacial score (nSPS) is 12.4. The Bertz CT molecular complexity index is 864. The van der Waals surface area contributed by atoms with Gasteiger partial charge < -0.3 is 14.4 Å². The minimum atomic E-state index is -1.45. The maximum absolute atomic E-state index is 13.8. The van der Waals surface area contributed by atoms with Crippen molar-refractivity contribution in [3.63, 3.8) is 0 Å². The van der Waals surface area contributed by atoms with Crippen molar-refractivity contribution in [3.8, 4) is 0 Å². The molecule has 0 radical (unpaired) electrons. The van der Waals surface area contributed by atoms with E-state index in [1.807, 2.05) is 0 Å². The second kappa shape index (κ2) is 7.84. The van der Waals surface area contributed by atoms with Crippen LogP contribution in [0.4, 0.5) is 19.0 Å². The van der Waals surface area contributed by atoms with E-state index < -0.39 is 40.3 Å². The number of aliphatic imine (C=N–C) groups is 1. The lowest BCUT2D eigenvalue weighted by Gasteiger charge is -2.08. The minimum Gasteiger partial charge on any atom is -0.506 e. The zero-order valence-electron chi connectivity index (χ0n) is 12.6. The molecule has 1 N–H and O–H groups in total. The molecule has 1 heterocycles. The molecule has 0 unspecified atom stereocenters. The first-order valence-electron chi connectivity index (χ1n) is 6.74. The molecule has 0 aliphatic rings. The lowest BCUT2D eigenvalue weighted by Crippen LogP contribution is -2.12. The third kappa shape index (κ3) is 4.18. The molecule has 2 rings (SSSR count). The van der Waals surface area contributed by atoms with Crippen molar-refractivity contribution in [2.75, 3.05) is 6.61 Å². The molecular weight excluding hydrogens is 365 g/mol. The van der Waals surface area contributed by atoms with Gasteiger partial charge in [-0.05, 0) is 13.0 Å². The summed E-state index contributed by atoms with van der Waals surface area (Å²) in [4.78, 5) is 15.7.